The molecule has 0 aliphatic carbocycles. The van der Waals surface area contributed by atoms with Crippen LogP contribution in [0.4, 0.5) is 34.9 Å². The van der Waals surface area contributed by atoms with E-state index in [0.717, 1.165) is 66.3 Å². The molecule has 23 nitrogen and oxygen atoms in total. The van der Waals surface area contributed by atoms with Gasteiger partial charge in [-0.15, -0.1) is 0 Å². The molecule has 0 saturated carbocycles. The van der Waals surface area contributed by atoms with Crippen LogP contribution in [-0.2, 0) is 43.4 Å². The zero-order valence-corrected chi connectivity index (χ0v) is 46.9. The van der Waals surface area contributed by atoms with Crippen molar-refractivity contribution in [1.29, 1.82) is 0 Å². The minimum absolute atomic E-state index is 0. The summed E-state index contributed by atoms with van der Waals surface area (Å²) in [6.45, 7) is 14.4. The number of ether oxygens (including phenoxy) is 3. The first-order valence-electron chi connectivity index (χ1n) is 24.5. The second-order valence-electron chi connectivity index (χ2n) is 19.5. The fraction of sp³-hybridized carbons (Fsp3) is 0.500. The summed E-state index contributed by atoms with van der Waals surface area (Å²) in [5.74, 6) is 5.27. The summed E-state index contributed by atoms with van der Waals surface area (Å²) in [4.78, 5) is 38.9. The summed E-state index contributed by atoms with van der Waals surface area (Å²) in [7, 11) is -4.98. The Hall–Kier alpha value is -6.32. The molecule has 0 aromatic carbocycles. The van der Waals surface area contributed by atoms with E-state index in [1.165, 1.54) is 0 Å². The lowest BCUT2D eigenvalue weighted by Gasteiger charge is -2.34. The van der Waals surface area contributed by atoms with E-state index in [9.17, 15) is 12.6 Å². The smallest absolute Gasteiger partial charge is 0.230 e. The lowest BCUT2D eigenvalue weighted by molar-refractivity contribution is -0.418. The highest BCUT2D eigenvalue weighted by Gasteiger charge is 2.27. The first kappa shape index (κ1) is 57.4. The largest absolute Gasteiger partial charge is 0.377 e. The third-order valence-electron chi connectivity index (χ3n) is 12.0. The van der Waals surface area contributed by atoms with Crippen molar-refractivity contribution >= 4 is 75.5 Å². The van der Waals surface area contributed by atoms with Gasteiger partial charge in [0.05, 0.1) is 69.9 Å². The summed E-state index contributed by atoms with van der Waals surface area (Å²) in [6, 6.07) is 13.6. The van der Waals surface area contributed by atoms with E-state index >= 15 is 0 Å². The minimum atomic E-state index is -2.36. The monoisotopic (exact) mass is 1100 g/mol. The van der Waals surface area contributed by atoms with Crippen LogP contribution in [0.2, 0.25) is 0 Å². The van der Waals surface area contributed by atoms with Gasteiger partial charge in [0.25, 0.3) is 0 Å². The van der Waals surface area contributed by atoms with Crippen molar-refractivity contribution in [3.63, 3.8) is 0 Å². The van der Waals surface area contributed by atoms with Gasteiger partial charge in [0.1, 0.15) is 41.5 Å². The van der Waals surface area contributed by atoms with Crippen LogP contribution in [0.15, 0.2) is 80.2 Å². The quantitative estimate of drug-likeness (QED) is 0.159. The number of aromatic nitrogens is 10. The Bertz CT molecular complexity index is 3460. The number of allylic oxidation sites excluding steroid dienone is 1. The molecule has 4 aliphatic rings. The van der Waals surface area contributed by atoms with Gasteiger partial charge in [0.2, 0.25) is 11.5 Å². The van der Waals surface area contributed by atoms with Gasteiger partial charge in [-0.25, -0.2) is 52.1 Å². The van der Waals surface area contributed by atoms with Crippen LogP contribution in [0, 0.1) is 6.92 Å². The van der Waals surface area contributed by atoms with Crippen LogP contribution in [0.5, 0.6) is 0 Å². The molecule has 4 aliphatic heterocycles. The standard InChI is InChI=1S/C19H24N6O2S.C16H24N5O2S.C14H20N6O2S.CH4/c1-13-12-27-10-9-24(13)17-11-15(23-28(3,4)26)21-19(22-17)18-14(2)20-16-7-5-6-8-25(16)18;1-12-11-23-9-8-21(12)15-10-14(19-24(3,4)22)17-16(18-15)13-6-5-7-20(13)2;1-10-9-22-7-6-20(10)13-8-12(19-23(2,3)21)16-14(17-13)11-4-5-15-18-11;/h5-8,11,13H,9-10,12H2,1-4H3;5,7,10,12H,6,8-9,11H2,1-4H3;4-5,8,10H,6-7,9H2,1-3H3,(H,15,18);1H4/q;+1;;/t13-;12-;10-;/m111./s1. The molecule has 0 bridgehead atoms. The van der Waals surface area contributed by atoms with Crippen molar-refractivity contribution in [2.45, 2.75) is 59.7 Å². The number of anilines is 3. The van der Waals surface area contributed by atoms with E-state index in [2.05, 4.69) is 89.8 Å². The van der Waals surface area contributed by atoms with Gasteiger partial charge >= 0.3 is 0 Å². The number of imidazole rings is 1. The molecular weight excluding hydrogens is 1030 g/mol. The predicted molar refractivity (Wildman–Crippen MR) is 302 cm³/mol. The number of hydrogen-bond acceptors (Lipinski definition) is 20. The van der Waals surface area contributed by atoms with Crippen molar-refractivity contribution in [1.82, 2.24) is 49.5 Å². The Balaban J connectivity index is 0.000000166. The minimum Gasteiger partial charge on any atom is -0.377 e. The number of rotatable bonds is 9. The zero-order valence-electron chi connectivity index (χ0n) is 44.5. The molecule has 1 N–H and O–H groups in total. The highest BCUT2D eigenvalue weighted by molar-refractivity contribution is 7.92. The third-order valence-corrected chi connectivity index (χ3v) is 13.9. The van der Waals surface area contributed by atoms with Crippen LogP contribution in [0.1, 0.15) is 46.1 Å². The van der Waals surface area contributed by atoms with E-state index in [0.29, 0.717) is 80.3 Å². The molecular formula is C50H72N17O6S3+. The zero-order chi connectivity index (χ0) is 53.7. The molecule has 26 heteroatoms. The molecule has 0 spiro atoms. The highest BCUT2D eigenvalue weighted by atomic mass is 32.2. The van der Waals surface area contributed by atoms with Crippen LogP contribution in [0.25, 0.3) is 28.7 Å². The number of morpholine rings is 3. The van der Waals surface area contributed by atoms with Crippen LogP contribution in [0.3, 0.4) is 0 Å². The van der Waals surface area contributed by atoms with Crippen molar-refractivity contribution in [2.75, 3.05) is 119 Å². The van der Waals surface area contributed by atoms with E-state index < -0.39 is 29.2 Å². The van der Waals surface area contributed by atoms with Gasteiger partial charge < -0.3 is 28.9 Å². The van der Waals surface area contributed by atoms with Gasteiger partial charge in [-0.1, -0.05) is 13.5 Å². The van der Waals surface area contributed by atoms with Gasteiger partial charge in [0.15, 0.2) is 35.3 Å². The maximum absolute atomic E-state index is 12.3. The van der Waals surface area contributed by atoms with Gasteiger partial charge in [-0.2, -0.15) is 18.2 Å². The number of aryl methyl sites for hydroxylation is 1. The average molecular weight is 1100 g/mol. The predicted octanol–water partition coefficient (Wildman–Crippen LogP) is 6.18. The molecule has 0 amide bonds. The number of hydrogen-bond donors (Lipinski definition) is 1. The van der Waals surface area contributed by atoms with Gasteiger partial charge in [-0.3, -0.25) is 9.50 Å². The average Bonchev–Trinajstić information content (AvgIpc) is 4.11. The van der Waals surface area contributed by atoms with Crippen LogP contribution < -0.4 is 14.7 Å². The first-order chi connectivity index (χ1) is 35.6. The van der Waals surface area contributed by atoms with E-state index in [1.807, 2.05) is 59.6 Å². The Morgan fingerprint density at radius 2 is 1.09 bits per heavy atom. The van der Waals surface area contributed by atoms with Crippen LogP contribution in [-0.4, -0.2) is 194 Å². The van der Waals surface area contributed by atoms with Crippen molar-refractivity contribution in [3.05, 3.63) is 78.7 Å². The second kappa shape index (κ2) is 24.3. The maximum Gasteiger partial charge on any atom is 0.230 e. The first-order valence-corrected chi connectivity index (χ1v) is 31.5. The lowest BCUT2D eigenvalue weighted by atomic mass is 10.2. The Morgan fingerprint density at radius 3 is 1.53 bits per heavy atom. The molecule has 6 aromatic heterocycles. The van der Waals surface area contributed by atoms with E-state index in [4.69, 9.17) is 24.2 Å². The number of aromatic amines is 1. The van der Waals surface area contributed by atoms with Crippen LogP contribution >= 0.6 is 0 Å². The number of pyridine rings is 1. The number of fused-ring (bicyclic) bond motifs is 1. The number of nitrogens with zero attached hydrogens (tertiary/aromatic N) is 16. The normalized spacial score (nSPS) is 19.1. The molecule has 3 atom stereocenters. The Kier molecular flexibility index (Phi) is 18.4. The molecule has 6 aromatic rings. The fourth-order valence-electron chi connectivity index (χ4n) is 8.65. The lowest BCUT2D eigenvalue weighted by Crippen LogP contribution is -2.44. The molecule has 10 heterocycles. The third kappa shape index (κ3) is 15.0. The molecule has 410 valence electrons. The molecule has 76 heavy (non-hydrogen) atoms. The summed E-state index contributed by atoms with van der Waals surface area (Å²) < 4.78 is 69.8. The topological polar surface area (TPSA) is 252 Å². The second-order valence-corrected chi connectivity index (χ2v) is 27.1. The van der Waals surface area contributed by atoms with Gasteiger partial charge in [0, 0.05) is 117 Å². The fourth-order valence-corrected chi connectivity index (χ4v) is 10.3. The summed E-state index contributed by atoms with van der Waals surface area (Å²) >= 11 is 0. The summed E-state index contributed by atoms with van der Waals surface area (Å²) in [5, 5.41) is 6.79. The highest BCUT2D eigenvalue weighted by Crippen LogP contribution is 2.30. The molecule has 3 fully saturated rings. The molecule has 0 radical (unpaired) electrons. The van der Waals surface area contributed by atoms with Crippen molar-refractivity contribution in [2.24, 2.45) is 13.1 Å². The van der Waals surface area contributed by atoms with E-state index in [-0.39, 0.29) is 25.6 Å². The summed E-state index contributed by atoms with van der Waals surface area (Å²) in [6.07, 6.45) is 18.0. The molecule has 3 saturated heterocycles. The van der Waals surface area contributed by atoms with Crippen molar-refractivity contribution < 1.29 is 31.4 Å². The number of H-pyrrole nitrogens is 1. The Morgan fingerprint density at radius 1 is 0.632 bits per heavy atom. The SMILES string of the molecule is C.C[C@@H]1COCCN1c1cc(N=S(C)(C)=O)nc(-c2ccn[nH]2)n1.C[C@@H]1COCCN1c1cc(N=S(C)(C)=O)nc(C2=[N+](C)C=CC2)n1.Cc1nc2ccccn2c1-c1nc(N=S(C)(C)=O)cc(N2CCOC[C@H]2C)n1. The van der Waals surface area contributed by atoms with Crippen molar-refractivity contribution in [3.8, 4) is 23.0 Å². The Labute approximate surface area is 447 Å². The van der Waals surface area contributed by atoms with Gasteiger partial charge in [-0.05, 0) is 52.0 Å². The summed E-state index contributed by atoms with van der Waals surface area (Å²) in [5.41, 5.74) is 4.19. The molecule has 10 rings (SSSR count). The number of nitrogens with one attached hydrogen (secondary N) is 1. The maximum atomic E-state index is 12.3. The molecule has 0 unspecified atom stereocenters. The van der Waals surface area contributed by atoms with E-state index in [1.54, 1.807) is 61.9 Å².